The summed E-state index contributed by atoms with van der Waals surface area (Å²) < 4.78 is 27.0. The Morgan fingerprint density at radius 3 is 2.18 bits per heavy atom. The fourth-order valence-corrected chi connectivity index (χ4v) is 4.50. The van der Waals surface area contributed by atoms with E-state index in [1.54, 1.807) is 36.8 Å². The molecule has 0 fully saturated rings. The summed E-state index contributed by atoms with van der Waals surface area (Å²) >= 11 is 2.48. The summed E-state index contributed by atoms with van der Waals surface area (Å²) in [5.41, 5.74) is 1.83. The van der Waals surface area contributed by atoms with E-state index in [1.165, 1.54) is 47.8 Å². The Bertz CT molecular complexity index is 1150. The number of aliphatic carboxylic acids is 1. The second kappa shape index (κ2) is 12.0. The Balaban J connectivity index is 2.01. The monoisotopic (exact) mass is 508 g/mol. The third-order valence-corrected chi connectivity index (χ3v) is 7.23. The molecule has 0 spiro atoms. The quantitative estimate of drug-likeness (QED) is 0.243. The lowest BCUT2D eigenvalue weighted by atomic mass is 10.0. The van der Waals surface area contributed by atoms with Crippen LogP contribution in [0.1, 0.15) is 16.7 Å². The third kappa shape index (κ3) is 7.70. The number of carboxylic acids is 1. The number of hydrogen-bond donors (Lipinski definition) is 5. The molecular weight excluding hydrogens is 484 g/mol. The molecule has 33 heavy (non-hydrogen) atoms. The Morgan fingerprint density at radius 2 is 1.61 bits per heavy atom. The molecule has 0 aromatic heterocycles. The molecule has 176 valence electrons. The highest BCUT2D eigenvalue weighted by molar-refractivity contribution is 8.14. The molecule has 1 atom stereocenters. The number of rotatable bonds is 10. The maximum absolute atomic E-state index is 12.4. The van der Waals surface area contributed by atoms with Crippen molar-refractivity contribution in [2.45, 2.75) is 17.4 Å². The zero-order valence-corrected chi connectivity index (χ0v) is 20.4. The second-order valence-corrected chi connectivity index (χ2v) is 10.2. The Hall–Kier alpha value is -2.67. The molecule has 5 N–H and O–H groups in total. The Morgan fingerprint density at radius 1 is 1.00 bits per heavy atom. The number of sulfonamides is 1. The first-order valence-electron chi connectivity index (χ1n) is 9.54. The molecule has 0 heterocycles. The predicted octanol–water partition coefficient (Wildman–Crippen LogP) is 2.15. The molecule has 2 aromatic rings. The van der Waals surface area contributed by atoms with Crippen molar-refractivity contribution in [1.82, 2.24) is 10.0 Å². The molecule has 0 aliphatic carbocycles. The Labute approximate surface area is 200 Å². The lowest BCUT2D eigenvalue weighted by Crippen LogP contribution is -2.46. The van der Waals surface area contributed by atoms with Crippen molar-refractivity contribution in [2.24, 2.45) is 0 Å². The number of amides is 1. The molecule has 2 aromatic carbocycles. The molecule has 0 saturated heterocycles. The van der Waals surface area contributed by atoms with Crippen LogP contribution in [0.15, 0.2) is 53.4 Å². The molecule has 1 amide bonds. The number of thioether (sulfide) groups is 2. The van der Waals surface area contributed by atoms with Crippen molar-refractivity contribution in [1.29, 1.82) is 10.8 Å². The first kappa shape index (κ1) is 26.6. The van der Waals surface area contributed by atoms with Gasteiger partial charge >= 0.3 is 5.97 Å². The van der Waals surface area contributed by atoms with Gasteiger partial charge in [-0.3, -0.25) is 15.6 Å². The fraction of sp³-hybridized carbons (Fsp3) is 0.238. The van der Waals surface area contributed by atoms with Gasteiger partial charge in [0.25, 0.3) is 0 Å². The van der Waals surface area contributed by atoms with Crippen LogP contribution in [0.4, 0.5) is 0 Å². The van der Waals surface area contributed by atoms with Crippen LogP contribution < -0.4 is 10.0 Å². The topological polar surface area (TPSA) is 160 Å². The Kier molecular flexibility index (Phi) is 9.65. The maximum atomic E-state index is 12.4. The van der Waals surface area contributed by atoms with Gasteiger partial charge in [-0.2, -0.15) is 0 Å². The lowest BCUT2D eigenvalue weighted by Gasteiger charge is -2.16. The summed E-state index contributed by atoms with van der Waals surface area (Å²) in [5, 5.41) is 28.1. The smallest absolute Gasteiger partial charge is 0.326 e. The molecule has 0 radical (unpaired) electrons. The largest absolute Gasteiger partial charge is 0.480 e. The van der Waals surface area contributed by atoms with Gasteiger partial charge < -0.3 is 10.4 Å². The van der Waals surface area contributed by atoms with Crippen molar-refractivity contribution < 1.29 is 23.1 Å². The second-order valence-electron chi connectivity index (χ2n) is 6.78. The van der Waals surface area contributed by atoms with Crippen LogP contribution >= 0.6 is 23.5 Å². The predicted molar refractivity (Wildman–Crippen MR) is 132 cm³/mol. The molecule has 1 unspecified atom stereocenters. The average Bonchev–Trinajstić information content (AvgIpc) is 2.81. The summed E-state index contributed by atoms with van der Waals surface area (Å²) in [6.45, 7) is -0.633. The lowest BCUT2D eigenvalue weighted by molar-refractivity contribution is -0.141. The molecule has 12 heteroatoms. The van der Waals surface area contributed by atoms with Crippen LogP contribution in [0.5, 0.6) is 0 Å². The number of nitrogens with one attached hydrogen (secondary N) is 4. The van der Waals surface area contributed by atoms with Crippen molar-refractivity contribution in [3.05, 3.63) is 65.2 Å². The molecule has 2 rings (SSSR count). The summed E-state index contributed by atoms with van der Waals surface area (Å²) in [6, 6.07) is 11.2. The highest BCUT2D eigenvalue weighted by Gasteiger charge is 2.22. The number of benzene rings is 2. The van der Waals surface area contributed by atoms with E-state index < -0.39 is 34.5 Å². The normalized spacial score (nSPS) is 12.1. The van der Waals surface area contributed by atoms with Crippen LogP contribution in [0.25, 0.3) is 0 Å². The van der Waals surface area contributed by atoms with E-state index in [-0.39, 0.29) is 11.3 Å². The highest BCUT2D eigenvalue weighted by Crippen LogP contribution is 2.15. The summed E-state index contributed by atoms with van der Waals surface area (Å²) in [6.07, 6.45) is 3.48. The molecular formula is C21H24N4O5S3. The van der Waals surface area contributed by atoms with Gasteiger partial charge in [0, 0.05) is 17.5 Å². The number of carbonyl (C=O) groups excluding carboxylic acids is 1. The SMILES string of the molecule is CSC(=N)c1ccc(S(=O)(=O)NCC(=O)NC(Cc2cccc(C(=N)SC)c2)C(=O)O)cc1. The van der Waals surface area contributed by atoms with Gasteiger partial charge in [-0.05, 0) is 36.3 Å². The van der Waals surface area contributed by atoms with Crippen molar-refractivity contribution >= 4 is 55.5 Å². The van der Waals surface area contributed by atoms with E-state index in [0.717, 1.165) is 0 Å². The van der Waals surface area contributed by atoms with E-state index >= 15 is 0 Å². The van der Waals surface area contributed by atoms with Crippen molar-refractivity contribution in [2.75, 3.05) is 19.1 Å². The van der Waals surface area contributed by atoms with Crippen molar-refractivity contribution in [3.8, 4) is 0 Å². The van der Waals surface area contributed by atoms with Crippen LogP contribution in [-0.2, 0) is 26.0 Å². The summed E-state index contributed by atoms with van der Waals surface area (Å²) in [5.74, 6) is -2.05. The molecule has 0 bridgehead atoms. The van der Waals surface area contributed by atoms with Gasteiger partial charge in [-0.1, -0.05) is 30.3 Å². The zero-order valence-electron chi connectivity index (χ0n) is 17.9. The first-order chi connectivity index (χ1) is 15.6. The minimum absolute atomic E-state index is 0.0216. The maximum Gasteiger partial charge on any atom is 0.326 e. The van der Waals surface area contributed by atoms with Crippen LogP contribution in [0.3, 0.4) is 0 Å². The van der Waals surface area contributed by atoms with Crippen LogP contribution in [-0.4, -0.2) is 60.6 Å². The van der Waals surface area contributed by atoms with E-state index in [1.807, 2.05) is 0 Å². The van der Waals surface area contributed by atoms with E-state index in [2.05, 4.69) is 10.0 Å². The van der Waals surface area contributed by atoms with Crippen LogP contribution in [0.2, 0.25) is 0 Å². The molecule has 0 aliphatic heterocycles. The number of hydrogen-bond acceptors (Lipinski definition) is 8. The first-order valence-corrected chi connectivity index (χ1v) is 13.5. The summed E-state index contributed by atoms with van der Waals surface area (Å²) in [4.78, 5) is 23.8. The minimum Gasteiger partial charge on any atom is -0.480 e. The van der Waals surface area contributed by atoms with E-state index in [0.29, 0.717) is 26.8 Å². The minimum atomic E-state index is -4.00. The van der Waals surface area contributed by atoms with Gasteiger partial charge in [0.1, 0.15) is 6.04 Å². The van der Waals surface area contributed by atoms with Gasteiger partial charge in [0.2, 0.25) is 15.9 Å². The van der Waals surface area contributed by atoms with Crippen molar-refractivity contribution in [3.63, 3.8) is 0 Å². The fourth-order valence-electron chi connectivity index (χ4n) is 2.79. The number of carbonyl (C=O) groups is 2. The number of carboxylic acid groups (broad SMARTS) is 1. The highest BCUT2D eigenvalue weighted by atomic mass is 32.2. The van der Waals surface area contributed by atoms with Gasteiger partial charge in [0.15, 0.2) is 0 Å². The molecule has 9 nitrogen and oxygen atoms in total. The third-order valence-electron chi connectivity index (χ3n) is 4.52. The zero-order chi connectivity index (χ0) is 24.6. The van der Waals surface area contributed by atoms with E-state index in [9.17, 15) is 23.1 Å². The summed E-state index contributed by atoms with van der Waals surface area (Å²) in [7, 11) is -4.00. The average molecular weight is 509 g/mol. The van der Waals surface area contributed by atoms with Crippen LogP contribution in [0, 0.1) is 10.8 Å². The van der Waals surface area contributed by atoms with Gasteiger partial charge in [0.05, 0.1) is 21.5 Å². The van der Waals surface area contributed by atoms with Gasteiger partial charge in [-0.25, -0.2) is 17.9 Å². The standard InChI is InChI=1S/C21H24N4O5S3/c1-31-19(22)14-6-8-16(9-7-14)33(29,30)24-12-18(26)25-17(21(27)28)11-13-4-3-5-15(10-13)20(23)32-2/h3-10,17,22-24H,11-12H2,1-2H3,(H,25,26)(H,27,28). The van der Waals surface area contributed by atoms with Gasteiger partial charge in [-0.15, -0.1) is 23.5 Å². The van der Waals surface area contributed by atoms with E-state index in [4.69, 9.17) is 10.8 Å². The molecule has 0 aliphatic rings. The molecule has 0 saturated carbocycles.